The van der Waals surface area contributed by atoms with Crippen molar-refractivity contribution in [2.75, 3.05) is 7.11 Å². The van der Waals surface area contributed by atoms with Crippen LogP contribution in [0.2, 0.25) is 0 Å². The number of benzene rings is 1. The molecule has 4 nitrogen and oxygen atoms in total. The number of pyridine rings is 1. The Morgan fingerprint density at radius 2 is 1.96 bits per heavy atom. The van der Waals surface area contributed by atoms with E-state index in [4.69, 9.17) is 4.74 Å². The molecule has 1 amide bonds. The zero-order chi connectivity index (χ0) is 17.0. The van der Waals surface area contributed by atoms with Crippen LogP contribution in [0.1, 0.15) is 36.8 Å². The minimum atomic E-state index is -0.420. The maximum Gasteiger partial charge on any atom is 0.230 e. The van der Waals surface area contributed by atoms with Gasteiger partial charge in [-0.25, -0.2) is 4.98 Å². The molecule has 2 aromatic rings. The van der Waals surface area contributed by atoms with Crippen molar-refractivity contribution in [3.05, 3.63) is 58.2 Å². The SMILES string of the molecule is COc1ncccc1CNC(=O)C1(c2ccc(Br)cc2)CCCC1. The molecule has 0 saturated heterocycles. The molecular weight excluding hydrogens is 368 g/mol. The molecule has 0 bridgehead atoms. The van der Waals surface area contributed by atoms with Crippen LogP contribution in [0, 0.1) is 0 Å². The van der Waals surface area contributed by atoms with Crippen LogP contribution >= 0.6 is 15.9 Å². The van der Waals surface area contributed by atoms with Gasteiger partial charge in [0, 0.05) is 22.8 Å². The highest BCUT2D eigenvalue weighted by molar-refractivity contribution is 9.10. The molecule has 1 aromatic carbocycles. The van der Waals surface area contributed by atoms with E-state index >= 15 is 0 Å². The van der Waals surface area contributed by atoms with Crippen molar-refractivity contribution < 1.29 is 9.53 Å². The van der Waals surface area contributed by atoms with Crippen LogP contribution in [-0.4, -0.2) is 18.0 Å². The van der Waals surface area contributed by atoms with E-state index in [1.54, 1.807) is 13.3 Å². The van der Waals surface area contributed by atoms with Crippen molar-refractivity contribution in [3.63, 3.8) is 0 Å². The average molecular weight is 389 g/mol. The highest BCUT2D eigenvalue weighted by atomic mass is 79.9. The summed E-state index contributed by atoms with van der Waals surface area (Å²) in [6, 6.07) is 11.9. The first-order valence-electron chi connectivity index (χ1n) is 8.18. The predicted octanol–water partition coefficient (Wildman–Crippen LogP) is 3.98. The van der Waals surface area contributed by atoms with E-state index < -0.39 is 5.41 Å². The molecule has 3 rings (SSSR count). The fraction of sp³-hybridized carbons (Fsp3) is 0.368. The lowest BCUT2D eigenvalue weighted by atomic mass is 9.78. The largest absolute Gasteiger partial charge is 0.481 e. The predicted molar refractivity (Wildman–Crippen MR) is 96.9 cm³/mol. The number of hydrogen-bond acceptors (Lipinski definition) is 3. The lowest BCUT2D eigenvalue weighted by Gasteiger charge is -2.28. The van der Waals surface area contributed by atoms with Gasteiger partial charge in [-0.3, -0.25) is 4.79 Å². The number of amides is 1. The maximum atomic E-state index is 13.0. The van der Waals surface area contributed by atoms with Crippen LogP contribution in [0.25, 0.3) is 0 Å². The number of nitrogens with zero attached hydrogens (tertiary/aromatic N) is 1. The van der Waals surface area contributed by atoms with Gasteiger partial charge in [-0.2, -0.15) is 0 Å². The van der Waals surface area contributed by atoms with Gasteiger partial charge in [-0.15, -0.1) is 0 Å². The number of methoxy groups -OCH3 is 1. The standard InChI is InChI=1S/C19H21BrN2O2/c1-24-17-14(5-4-12-21-17)13-22-18(23)19(10-2-3-11-19)15-6-8-16(20)9-7-15/h4-9,12H,2-3,10-11,13H2,1H3,(H,22,23). The molecular formula is C19H21BrN2O2. The van der Waals surface area contributed by atoms with Crippen LogP contribution < -0.4 is 10.1 Å². The molecule has 5 heteroatoms. The fourth-order valence-electron chi connectivity index (χ4n) is 3.48. The molecule has 1 aliphatic rings. The number of hydrogen-bond donors (Lipinski definition) is 1. The van der Waals surface area contributed by atoms with Gasteiger partial charge in [0.1, 0.15) is 0 Å². The molecule has 0 aliphatic heterocycles. The average Bonchev–Trinajstić information content (AvgIpc) is 3.11. The van der Waals surface area contributed by atoms with Crippen LogP contribution in [0.15, 0.2) is 47.1 Å². The number of nitrogens with one attached hydrogen (secondary N) is 1. The number of rotatable bonds is 5. The Balaban J connectivity index is 1.79. The van der Waals surface area contributed by atoms with E-state index in [-0.39, 0.29) is 5.91 Å². The van der Waals surface area contributed by atoms with Crippen LogP contribution in [-0.2, 0) is 16.8 Å². The fourth-order valence-corrected chi connectivity index (χ4v) is 3.75. The number of carbonyl (C=O) groups excluding carboxylic acids is 1. The molecule has 1 aromatic heterocycles. The summed E-state index contributed by atoms with van der Waals surface area (Å²) in [5, 5.41) is 3.10. The number of halogens is 1. The second kappa shape index (κ2) is 7.34. The summed E-state index contributed by atoms with van der Waals surface area (Å²) in [6.45, 7) is 0.425. The Morgan fingerprint density at radius 1 is 1.25 bits per heavy atom. The summed E-state index contributed by atoms with van der Waals surface area (Å²) in [7, 11) is 1.59. The molecule has 0 spiro atoms. The Hall–Kier alpha value is -1.88. The van der Waals surface area contributed by atoms with Gasteiger partial charge < -0.3 is 10.1 Å². The molecule has 0 radical (unpaired) electrons. The maximum absolute atomic E-state index is 13.0. The van der Waals surface area contributed by atoms with Gasteiger partial charge in [-0.05, 0) is 36.6 Å². The third kappa shape index (κ3) is 3.31. The Morgan fingerprint density at radius 3 is 2.62 bits per heavy atom. The minimum Gasteiger partial charge on any atom is -0.481 e. The molecule has 1 heterocycles. The summed E-state index contributed by atoms with van der Waals surface area (Å²) in [6.07, 6.45) is 5.64. The number of ether oxygens (including phenoxy) is 1. The van der Waals surface area contributed by atoms with Crippen molar-refractivity contribution in [1.82, 2.24) is 10.3 Å². The lowest BCUT2D eigenvalue weighted by molar-refractivity contribution is -0.126. The van der Waals surface area contributed by atoms with Gasteiger partial charge in [0.2, 0.25) is 11.8 Å². The first-order valence-corrected chi connectivity index (χ1v) is 8.97. The molecule has 1 aliphatic carbocycles. The van der Waals surface area contributed by atoms with Gasteiger partial charge in [0.25, 0.3) is 0 Å². The monoisotopic (exact) mass is 388 g/mol. The third-order valence-corrected chi connectivity index (χ3v) is 5.30. The first kappa shape index (κ1) is 17.0. The van der Waals surface area contributed by atoms with E-state index in [9.17, 15) is 4.79 Å². The van der Waals surface area contributed by atoms with Gasteiger partial charge >= 0.3 is 0 Å². The van der Waals surface area contributed by atoms with Crippen LogP contribution in [0.4, 0.5) is 0 Å². The Bertz CT molecular complexity index is 710. The summed E-state index contributed by atoms with van der Waals surface area (Å²) >= 11 is 3.46. The normalized spacial score (nSPS) is 15.9. The molecule has 1 fully saturated rings. The van der Waals surface area contributed by atoms with Crippen molar-refractivity contribution in [2.24, 2.45) is 0 Å². The quantitative estimate of drug-likeness (QED) is 0.842. The summed E-state index contributed by atoms with van der Waals surface area (Å²) in [5.41, 5.74) is 1.56. The Labute approximate surface area is 150 Å². The van der Waals surface area contributed by atoms with Gasteiger partial charge in [-0.1, -0.05) is 47.0 Å². The molecule has 0 unspecified atom stereocenters. The highest BCUT2D eigenvalue weighted by Crippen LogP contribution is 2.41. The van der Waals surface area contributed by atoms with E-state index in [0.29, 0.717) is 12.4 Å². The van der Waals surface area contributed by atoms with E-state index in [2.05, 4.69) is 38.4 Å². The van der Waals surface area contributed by atoms with Crippen molar-refractivity contribution in [3.8, 4) is 5.88 Å². The van der Waals surface area contributed by atoms with Crippen molar-refractivity contribution in [1.29, 1.82) is 0 Å². The highest BCUT2D eigenvalue weighted by Gasteiger charge is 2.42. The zero-order valence-electron chi connectivity index (χ0n) is 13.7. The van der Waals surface area contributed by atoms with E-state index in [1.807, 2.05) is 24.3 Å². The van der Waals surface area contributed by atoms with Gasteiger partial charge in [0.05, 0.1) is 12.5 Å². The second-order valence-electron chi connectivity index (χ2n) is 6.15. The van der Waals surface area contributed by atoms with E-state index in [0.717, 1.165) is 41.3 Å². The first-order chi connectivity index (χ1) is 11.7. The summed E-state index contributed by atoms with van der Waals surface area (Å²) in [4.78, 5) is 17.2. The van der Waals surface area contributed by atoms with E-state index in [1.165, 1.54) is 0 Å². The zero-order valence-corrected chi connectivity index (χ0v) is 15.3. The summed E-state index contributed by atoms with van der Waals surface area (Å²) < 4.78 is 6.29. The van der Waals surface area contributed by atoms with Crippen molar-refractivity contribution in [2.45, 2.75) is 37.6 Å². The van der Waals surface area contributed by atoms with Crippen LogP contribution in [0.3, 0.4) is 0 Å². The van der Waals surface area contributed by atoms with Crippen LogP contribution in [0.5, 0.6) is 5.88 Å². The lowest BCUT2D eigenvalue weighted by Crippen LogP contribution is -2.42. The number of carbonyl (C=O) groups is 1. The topological polar surface area (TPSA) is 51.2 Å². The minimum absolute atomic E-state index is 0.0910. The Kier molecular flexibility index (Phi) is 5.19. The summed E-state index contributed by atoms with van der Waals surface area (Å²) in [5.74, 6) is 0.648. The van der Waals surface area contributed by atoms with Crippen molar-refractivity contribution >= 4 is 21.8 Å². The smallest absolute Gasteiger partial charge is 0.230 e. The molecule has 126 valence electrons. The molecule has 24 heavy (non-hydrogen) atoms. The third-order valence-electron chi connectivity index (χ3n) is 4.77. The number of aromatic nitrogens is 1. The second-order valence-corrected chi connectivity index (χ2v) is 7.07. The molecule has 1 saturated carbocycles. The van der Waals surface area contributed by atoms with Gasteiger partial charge in [0.15, 0.2) is 0 Å². The molecule has 1 N–H and O–H groups in total. The molecule has 0 atom stereocenters.